The first-order chi connectivity index (χ1) is 8.65. The summed E-state index contributed by atoms with van der Waals surface area (Å²) in [7, 11) is -3.16. The third-order valence-electron chi connectivity index (χ3n) is 2.95. The van der Waals surface area contributed by atoms with Gasteiger partial charge in [0.2, 0.25) is 0 Å². The van der Waals surface area contributed by atoms with Gasteiger partial charge in [-0.3, -0.25) is 0 Å². The molecule has 0 aliphatic carbocycles. The van der Waals surface area contributed by atoms with Gasteiger partial charge in [-0.1, -0.05) is 18.2 Å². The number of hydrogen-bond donors (Lipinski definition) is 1. The molecule has 0 radical (unpaired) electrons. The molecule has 2 N–H and O–H groups in total. The number of para-hydroxylation sites is 1. The van der Waals surface area contributed by atoms with Gasteiger partial charge in [0.05, 0.1) is 10.5 Å². The number of sulfone groups is 1. The maximum Gasteiger partial charge on any atom is 0.158 e. The van der Waals surface area contributed by atoms with Crippen LogP contribution in [0.3, 0.4) is 0 Å². The maximum atomic E-state index is 12.0. The summed E-state index contributed by atoms with van der Waals surface area (Å²) in [4.78, 5) is 0. The summed E-state index contributed by atoms with van der Waals surface area (Å²) in [5, 5.41) is 0. The molecular formula is C14H23NO3S. The molecule has 1 unspecified atom stereocenters. The number of nitrogens with two attached hydrogens (primary N) is 1. The molecule has 0 saturated carbocycles. The van der Waals surface area contributed by atoms with Crippen LogP contribution >= 0.6 is 0 Å². The highest BCUT2D eigenvalue weighted by Gasteiger charge is 2.28. The van der Waals surface area contributed by atoms with Crippen molar-refractivity contribution in [2.75, 3.05) is 12.4 Å². The van der Waals surface area contributed by atoms with Crippen molar-refractivity contribution in [3.8, 4) is 5.75 Å². The fourth-order valence-electron chi connectivity index (χ4n) is 1.56. The highest BCUT2D eigenvalue weighted by atomic mass is 32.2. The molecule has 0 bridgehead atoms. The molecule has 4 nitrogen and oxygen atoms in total. The molecule has 0 amide bonds. The lowest BCUT2D eigenvalue weighted by Gasteiger charge is -2.20. The highest BCUT2D eigenvalue weighted by Crippen LogP contribution is 2.23. The minimum absolute atomic E-state index is 0.00376. The quantitative estimate of drug-likeness (QED) is 0.901. The van der Waals surface area contributed by atoms with E-state index in [-0.39, 0.29) is 18.4 Å². The van der Waals surface area contributed by atoms with Gasteiger partial charge in [0, 0.05) is 11.6 Å². The minimum Gasteiger partial charge on any atom is -0.492 e. The van der Waals surface area contributed by atoms with Crippen LogP contribution in [0.4, 0.5) is 0 Å². The van der Waals surface area contributed by atoms with Crippen molar-refractivity contribution in [3.05, 3.63) is 29.8 Å². The molecule has 0 spiro atoms. The first kappa shape index (κ1) is 16.0. The van der Waals surface area contributed by atoms with E-state index in [1.807, 2.05) is 31.2 Å². The van der Waals surface area contributed by atoms with Crippen molar-refractivity contribution >= 4 is 9.84 Å². The zero-order chi connectivity index (χ0) is 14.7. The molecule has 1 aromatic carbocycles. The molecule has 19 heavy (non-hydrogen) atoms. The van der Waals surface area contributed by atoms with Crippen molar-refractivity contribution in [2.24, 2.45) is 5.73 Å². The van der Waals surface area contributed by atoms with Crippen LogP contribution in [0.25, 0.3) is 0 Å². The van der Waals surface area contributed by atoms with Gasteiger partial charge in [-0.15, -0.1) is 0 Å². The van der Waals surface area contributed by atoms with Gasteiger partial charge in [-0.25, -0.2) is 8.42 Å². The van der Waals surface area contributed by atoms with Crippen LogP contribution in [0.5, 0.6) is 5.75 Å². The van der Waals surface area contributed by atoms with Gasteiger partial charge in [0.15, 0.2) is 9.84 Å². The van der Waals surface area contributed by atoms with Gasteiger partial charge in [0.25, 0.3) is 0 Å². The second-order valence-corrected chi connectivity index (χ2v) is 8.47. The van der Waals surface area contributed by atoms with Crippen molar-refractivity contribution in [3.63, 3.8) is 0 Å². The van der Waals surface area contributed by atoms with E-state index >= 15 is 0 Å². The molecule has 0 aromatic heterocycles. The SMILES string of the molecule is CC(N)c1ccccc1OCCS(=O)(=O)C(C)(C)C. The zero-order valence-electron chi connectivity index (χ0n) is 12.0. The number of hydrogen-bond acceptors (Lipinski definition) is 4. The monoisotopic (exact) mass is 285 g/mol. The Morgan fingerprint density at radius 3 is 2.37 bits per heavy atom. The van der Waals surface area contributed by atoms with Crippen LogP contribution in [0, 0.1) is 0 Å². The van der Waals surface area contributed by atoms with Crippen molar-refractivity contribution in [1.82, 2.24) is 0 Å². The Morgan fingerprint density at radius 2 is 1.84 bits per heavy atom. The van der Waals surface area contributed by atoms with E-state index < -0.39 is 14.6 Å². The van der Waals surface area contributed by atoms with Crippen LogP contribution in [0.2, 0.25) is 0 Å². The largest absolute Gasteiger partial charge is 0.492 e. The fraction of sp³-hybridized carbons (Fsp3) is 0.571. The molecule has 0 heterocycles. The fourth-order valence-corrected chi connectivity index (χ4v) is 2.47. The van der Waals surface area contributed by atoms with Crippen LogP contribution < -0.4 is 10.5 Å². The Hall–Kier alpha value is -1.07. The van der Waals surface area contributed by atoms with Gasteiger partial charge < -0.3 is 10.5 Å². The predicted molar refractivity (Wildman–Crippen MR) is 78.1 cm³/mol. The van der Waals surface area contributed by atoms with E-state index in [2.05, 4.69) is 0 Å². The van der Waals surface area contributed by atoms with Crippen molar-refractivity contribution < 1.29 is 13.2 Å². The standard InChI is InChI=1S/C14H23NO3S/c1-11(15)12-7-5-6-8-13(12)18-9-10-19(16,17)14(2,3)4/h5-8,11H,9-10,15H2,1-4H3. The Bertz CT molecular complexity index is 516. The average Bonchev–Trinajstić information content (AvgIpc) is 2.27. The first-order valence-electron chi connectivity index (χ1n) is 6.35. The zero-order valence-corrected chi connectivity index (χ0v) is 12.8. The smallest absolute Gasteiger partial charge is 0.158 e. The minimum atomic E-state index is -3.16. The van der Waals surface area contributed by atoms with E-state index in [1.165, 1.54) is 0 Å². The predicted octanol–water partition coefficient (Wildman–Crippen LogP) is 2.30. The van der Waals surface area contributed by atoms with E-state index in [0.29, 0.717) is 5.75 Å². The summed E-state index contributed by atoms with van der Waals surface area (Å²) in [6.07, 6.45) is 0. The van der Waals surface area contributed by atoms with Crippen LogP contribution in [0.15, 0.2) is 24.3 Å². The first-order valence-corrected chi connectivity index (χ1v) is 8.00. The average molecular weight is 285 g/mol. The molecule has 1 rings (SSSR count). The molecule has 0 saturated heterocycles. The summed E-state index contributed by atoms with van der Waals surface area (Å²) in [6.45, 7) is 7.09. The number of rotatable bonds is 5. The lowest BCUT2D eigenvalue weighted by atomic mass is 10.1. The topological polar surface area (TPSA) is 69.4 Å². The molecule has 108 valence electrons. The molecule has 1 aromatic rings. The molecular weight excluding hydrogens is 262 g/mol. The Balaban J connectivity index is 2.70. The molecule has 5 heteroatoms. The molecule has 0 aliphatic rings. The number of ether oxygens (including phenoxy) is 1. The Labute approximate surface area is 115 Å². The normalized spacial score (nSPS) is 14.2. The number of benzene rings is 1. The van der Waals surface area contributed by atoms with E-state index in [9.17, 15) is 8.42 Å². The van der Waals surface area contributed by atoms with Gasteiger partial charge in [-0.2, -0.15) is 0 Å². The summed E-state index contributed by atoms with van der Waals surface area (Å²) >= 11 is 0. The van der Waals surface area contributed by atoms with E-state index in [1.54, 1.807) is 20.8 Å². The summed E-state index contributed by atoms with van der Waals surface area (Å²) in [5.74, 6) is 0.658. The lowest BCUT2D eigenvalue weighted by Crippen LogP contribution is -2.32. The highest BCUT2D eigenvalue weighted by molar-refractivity contribution is 7.92. The Kier molecular flexibility index (Phi) is 4.98. The molecule has 1 atom stereocenters. The third-order valence-corrected chi connectivity index (χ3v) is 5.52. The Morgan fingerprint density at radius 1 is 1.26 bits per heavy atom. The second-order valence-electron chi connectivity index (χ2n) is 5.61. The molecule has 0 aliphatic heterocycles. The van der Waals surface area contributed by atoms with E-state index in [0.717, 1.165) is 5.56 Å². The van der Waals surface area contributed by atoms with Gasteiger partial charge >= 0.3 is 0 Å². The van der Waals surface area contributed by atoms with E-state index in [4.69, 9.17) is 10.5 Å². The molecule has 0 fully saturated rings. The van der Waals surface area contributed by atoms with Crippen LogP contribution in [-0.2, 0) is 9.84 Å². The summed E-state index contributed by atoms with van der Waals surface area (Å²) < 4.78 is 28.7. The third kappa shape index (κ3) is 4.21. The lowest BCUT2D eigenvalue weighted by molar-refractivity contribution is 0.334. The maximum absolute atomic E-state index is 12.0. The van der Waals surface area contributed by atoms with Crippen molar-refractivity contribution in [1.29, 1.82) is 0 Å². The van der Waals surface area contributed by atoms with Crippen molar-refractivity contribution in [2.45, 2.75) is 38.5 Å². The second kappa shape index (κ2) is 5.92. The summed E-state index contributed by atoms with van der Waals surface area (Å²) in [5.41, 5.74) is 6.73. The van der Waals surface area contributed by atoms with Crippen LogP contribution in [0.1, 0.15) is 39.3 Å². The summed E-state index contributed by atoms with van der Waals surface area (Å²) in [6, 6.07) is 7.29. The van der Waals surface area contributed by atoms with Gasteiger partial charge in [0.1, 0.15) is 12.4 Å². The van der Waals surface area contributed by atoms with Gasteiger partial charge in [-0.05, 0) is 33.8 Å². The van der Waals surface area contributed by atoms with Crippen LogP contribution in [-0.4, -0.2) is 25.5 Å².